The second-order valence-electron chi connectivity index (χ2n) is 5.32. The minimum absolute atomic E-state index is 0.0341. The van der Waals surface area contributed by atoms with Gasteiger partial charge in [0.2, 0.25) is 5.91 Å². The second kappa shape index (κ2) is 7.05. The number of carboxylic acid groups (broad SMARTS) is 1. The van der Waals surface area contributed by atoms with Crippen molar-refractivity contribution >= 4 is 17.6 Å². The predicted molar refractivity (Wildman–Crippen MR) is 76.3 cm³/mol. The first-order chi connectivity index (χ1) is 9.38. The van der Waals surface area contributed by atoms with Crippen molar-refractivity contribution in [2.45, 2.75) is 39.7 Å². The summed E-state index contributed by atoms with van der Waals surface area (Å²) in [5.74, 6) is -1.12. The topological polar surface area (TPSA) is 86.6 Å². The first-order valence-corrected chi connectivity index (χ1v) is 6.60. The van der Waals surface area contributed by atoms with Crippen LogP contribution in [0.5, 0.6) is 0 Å². The van der Waals surface area contributed by atoms with Crippen molar-refractivity contribution in [2.75, 3.05) is 5.32 Å². The number of hydrogen-bond donors (Lipinski definition) is 3. The first kappa shape index (κ1) is 16.2. The van der Waals surface area contributed by atoms with Gasteiger partial charge in [-0.1, -0.05) is 26.0 Å². The van der Waals surface area contributed by atoms with Crippen molar-refractivity contribution in [3.05, 3.63) is 29.8 Å². The van der Waals surface area contributed by atoms with Crippen LogP contribution >= 0.6 is 0 Å². The van der Waals surface area contributed by atoms with Crippen LogP contribution in [0.2, 0.25) is 0 Å². The zero-order valence-electron chi connectivity index (χ0n) is 11.8. The van der Waals surface area contributed by atoms with Gasteiger partial charge in [-0.05, 0) is 29.5 Å². The lowest BCUT2D eigenvalue weighted by Crippen LogP contribution is -2.27. The third-order valence-corrected chi connectivity index (χ3v) is 3.41. The SMILES string of the molecule is CCC(C)(CC(=O)O)CC(=O)Nc1cccc(CO)c1. The largest absolute Gasteiger partial charge is 0.481 e. The summed E-state index contributed by atoms with van der Waals surface area (Å²) >= 11 is 0. The Hall–Kier alpha value is -1.88. The summed E-state index contributed by atoms with van der Waals surface area (Å²) in [6.07, 6.45) is 0.732. The van der Waals surface area contributed by atoms with E-state index < -0.39 is 11.4 Å². The Kier molecular flexibility index (Phi) is 5.70. The van der Waals surface area contributed by atoms with Crippen molar-refractivity contribution in [1.82, 2.24) is 0 Å². The van der Waals surface area contributed by atoms with E-state index in [4.69, 9.17) is 10.2 Å². The molecule has 1 amide bonds. The molecule has 0 fully saturated rings. The van der Waals surface area contributed by atoms with Gasteiger partial charge in [-0.3, -0.25) is 9.59 Å². The predicted octanol–water partition coefficient (Wildman–Crippen LogP) is 2.40. The van der Waals surface area contributed by atoms with Gasteiger partial charge in [0.15, 0.2) is 0 Å². The van der Waals surface area contributed by atoms with Gasteiger partial charge >= 0.3 is 5.97 Å². The van der Waals surface area contributed by atoms with Crippen LogP contribution in [0.1, 0.15) is 38.7 Å². The van der Waals surface area contributed by atoms with E-state index in [-0.39, 0.29) is 25.4 Å². The quantitative estimate of drug-likeness (QED) is 0.715. The van der Waals surface area contributed by atoms with Gasteiger partial charge in [0, 0.05) is 12.1 Å². The van der Waals surface area contributed by atoms with E-state index >= 15 is 0 Å². The number of carboxylic acids is 1. The highest BCUT2D eigenvalue weighted by molar-refractivity contribution is 5.91. The van der Waals surface area contributed by atoms with Crippen LogP contribution in [0.25, 0.3) is 0 Å². The molecular formula is C15H21NO4. The molecule has 0 saturated carbocycles. The van der Waals surface area contributed by atoms with Crippen LogP contribution in [0, 0.1) is 5.41 Å². The first-order valence-electron chi connectivity index (χ1n) is 6.60. The third-order valence-electron chi connectivity index (χ3n) is 3.41. The molecule has 1 aromatic rings. The normalized spacial score (nSPS) is 13.6. The van der Waals surface area contributed by atoms with E-state index in [2.05, 4.69) is 5.32 Å². The van der Waals surface area contributed by atoms with E-state index in [1.807, 2.05) is 6.92 Å². The van der Waals surface area contributed by atoms with Crippen LogP contribution < -0.4 is 5.32 Å². The molecule has 1 atom stereocenters. The molecule has 5 heteroatoms. The second-order valence-corrected chi connectivity index (χ2v) is 5.32. The number of carbonyl (C=O) groups is 2. The van der Waals surface area contributed by atoms with Gasteiger partial charge in [0.1, 0.15) is 0 Å². The molecule has 0 aliphatic heterocycles. The highest BCUT2D eigenvalue weighted by atomic mass is 16.4. The molecule has 0 heterocycles. The molecule has 1 rings (SSSR count). The smallest absolute Gasteiger partial charge is 0.303 e. The molecule has 0 spiro atoms. The molecule has 1 unspecified atom stereocenters. The lowest BCUT2D eigenvalue weighted by Gasteiger charge is -2.25. The average Bonchev–Trinajstić information content (AvgIpc) is 2.37. The maximum atomic E-state index is 12.0. The summed E-state index contributed by atoms with van der Waals surface area (Å²) in [6.45, 7) is 3.59. The van der Waals surface area contributed by atoms with Crippen molar-refractivity contribution in [3.63, 3.8) is 0 Å². The van der Waals surface area contributed by atoms with Crippen molar-refractivity contribution in [3.8, 4) is 0 Å². The number of nitrogens with one attached hydrogen (secondary N) is 1. The minimum Gasteiger partial charge on any atom is -0.481 e. The van der Waals surface area contributed by atoms with Gasteiger partial charge in [-0.25, -0.2) is 0 Å². The third kappa shape index (κ3) is 5.01. The van der Waals surface area contributed by atoms with Crippen LogP contribution in [0.4, 0.5) is 5.69 Å². The average molecular weight is 279 g/mol. The summed E-state index contributed by atoms with van der Waals surface area (Å²) in [6, 6.07) is 6.93. The van der Waals surface area contributed by atoms with Crippen molar-refractivity contribution in [2.24, 2.45) is 5.41 Å². The maximum absolute atomic E-state index is 12.0. The van der Waals surface area contributed by atoms with Crippen LogP contribution in [-0.2, 0) is 16.2 Å². The van der Waals surface area contributed by atoms with Gasteiger partial charge in [0.25, 0.3) is 0 Å². The van der Waals surface area contributed by atoms with Gasteiger partial charge in [0.05, 0.1) is 13.0 Å². The monoisotopic (exact) mass is 279 g/mol. The van der Waals surface area contributed by atoms with E-state index in [1.165, 1.54) is 0 Å². The van der Waals surface area contributed by atoms with Crippen LogP contribution in [0.15, 0.2) is 24.3 Å². The molecular weight excluding hydrogens is 258 g/mol. The highest BCUT2D eigenvalue weighted by Crippen LogP contribution is 2.30. The molecule has 20 heavy (non-hydrogen) atoms. The summed E-state index contributed by atoms with van der Waals surface area (Å²) in [5.41, 5.74) is 0.770. The molecule has 5 nitrogen and oxygen atoms in total. The van der Waals surface area contributed by atoms with Crippen molar-refractivity contribution in [1.29, 1.82) is 0 Å². The summed E-state index contributed by atoms with van der Waals surface area (Å²) in [4.78, 5) is 22.8. The Bertz CT molecular complexity index is 487. The Morgan fingerprint density at radius 2 is 2.00 bits per heavy atom. The lowest BCUT2D eigenvalue weighted by molar-refractivity contribution is -0.140. The van der Waals surface area contributed by atoms with E-state index in [9.17, 15) is 9.59 Å². The summed E-state index contributed by atoms with van der Waals surface area (Å²) < 4.78 is 0. The summed E-state index contributed by atoms with van der Waals surface area (Å²) in [7, 11) is 0. The van der Waals surface area contributed by atoms with Gasteiger partial charge in [-0.2, -0.15) is 0 Å². The van der Waals surface area contributed by atoms with E-state index in [0.717, 1.165) is 0 Å². The standard InChI is InChI=1S/C15H21NO4/c1-3-15(2,9-14(19)20)8-13(18)16-12-6-4-5-11(7-12)10-17/h4-7,17H,3,8-10H2,1-2H3,(H,16,18)(H,19,20). The fraction of sp³-hybridized carbons (Fsp3) is 0.467. The number of aliphatic hydroxyl groups is 1. The molecule has 110 valence electrons. The van der Waals surface area contributed by atoms with Crippen LogP contribution in [0.3, 0.4) is 0 Å². The number of aliphatic carboxylic acids is 1. The molecule has 3 N–H and O–H groups in total. The number of amides is 1. The van der Waals surface area contributed by atoms with E-state index in [1.54, 1.807) is 31.2 Å². The number of rotatable bonds is 7. The van der Waals surface area contributed by atoms with Gasteiger partial charge in [-0.15, -0.1) is 0 Å². The van der Waals surface area contributed by atoms with Crippen molar-refractivity contribution < 1.29 is 19.8 Å². The number of hydrogen-bond acceptors (Lipinski definition) is 3. The highest BCUT2D eigenvalue weighted by Gasteiger charge is 2.28. The molecule has 1 aromatic carbocycles. The zero-order chi connectivity index (χ0) is 15.2. The molecule has 0 aliphatic carbocycles. The molecule has 0 aliphatic rings. The fourth-order valence-electron chi connectivity index (χ4n) is 2.02. The molecule has 0 bridgehead atoms. The lowest BCUT2D eigenvalue weighted by atomic mass is 9.80. The summed E-state index contributed by atoms with van der Waals surface area (Å²) in [5, 5.41) is 20.7. The minimum atomic E-state index is -0.899. The molecule has 0 radical (unpaired) electrons. The van der Waals surface area contributed by atoms with E-state index in [0.29, 0.717) is 17.7 Å². The van der Waals surface area contributed by atoms with Crippen LogP contribution in [-0.4, -0.2) is 22.1 Å². The maximum Gasteiger partial charge on any atom is 0.303 e. The fourth-order valence-corrected chi connectivity index (χ4v) is 2.02. The number of carbonyl (C=O) groups excluding carboxylic acids is 1. The molecule has 0 aromatic heterocycles. The Labute approximate surface area is 118 Å². The Balaban J connectivity index is 2.68. The Morgan fingerprint density at radius 3 is 2.55 bits per heavy atom. The zero-order valence-corrected chi connectivity index (χ0v) is 11.8. The number of anilines is 1. The van der Waals surface area contributed by atoms with Gasteiger partial charge < -0.3 is 15.5 Å². The number of aliphatic hydroxyl groups excluding tert-OH is 1. The number of benzene rings is 1. The Morgan fingerprint density at radius 1 is 1.30 bits per heavy atom. The molecule has 0 saturated heterocycles.